The van der Waals surface area contributed by atoms with Crippen LogP contribution in [0.25, 0.3) is 0 Å². The molecule has 5 nitrogen and oxygen atoms in total. The third-order valence-corrected chi connectivity index (χ3v) is 3.01. The molecule has 1 aliphatic rings. The van der Waals surface area contributed by atoms with E-state index in [1.807, 2.05) is 18.2 Å². The van der Waals surface area contributed by atoms with Crippen molar-refractivity contribution in [2.45, 2.75) is 25.3 Å². The van der Waals surface area contributed by atoms with Crippen LogP contribution in [0.4, 0.5) is 11.6 Å². The Bertz CT molecular complexity index is 345. The predicted molar refractivity (Wildman–Crippen MR) is 64.1 cm³/mol. The zero-order chi connectivity index (χ0) is 11.4. The van der Waals surface area contributed by atoms with Gasteiger partial charge in [-0.15, -0.1) is 0 Å². The first-order chi connectivity index (χ1) is 7.85. The zero-order valence-electron chi connectivity index (χ0n) is 9.26. The summed E-state index contributed by atoms with van der Waals surface area (Å²) >= 11 is 0. The van der Waals surface area contributed by atoms with Gasteiger partial charge in [0, 0.05) is 6.54 Å². The smallest absolute Gasteiger partial charge is 0.142 e. The molecule has 0 spiro atoms. The number of hydrazine groups is 1. The predicted octanol–water partition coefficient (Wildman–Crippen LogP) is 0.718. The Morgan fingerprint density at radius 2 is 2.38 bits per heavy atom. The lowest BCUT2D eigenvalue weighted by Crippen LogP contribution is -2.42. The highest BCUT2D eigenvalue weighted by Gasteiger charge is 2.22. The van der Waals surface area contributed by atoms with Crippen LogP contribution in [0.5, 0.6) is 0 Å². The van der Waals surface area contributed by atoms with Crippen molar-refractivity contribution in [1.29, 1.82) is 0 Å². The topological polar surface area (TPSA) is 74.4 Å². The highest BCUT2D eigenvalue weighted by atomic mass is 16.3. The largest absolute Gasteiger partial charge is 0.394 e. The van der Waals surface area contributed by atoms with E-state index in [4.69, 9.17) is 5.84 Å². The molecule has 0 saturated carbocycles. The molecule has 88 valence electrons. The molecule has 1 saturated heterocycles. The number of nitrogen functional groups attached to an aromatic ring is 1. The summed E-state index contributed by atoms with van der Waals surface area (Å²) in [4.78, 5) is 6.55. The lowest BCUT2D eigenvalue weighted by atomic mass is 10.0. The second-order valence-electron chi connectivity index (χ2n) is 4.05. The van der Waals surface area contributed by atoms with Crippen LogP contribution in [-0.4, -0.2) is 29.3 Å². The number of piperidine rings is 1. The van der Waals surface area contributed by atoms with E-state index in [0.29, 0.717) is 5.82 Å². The molecule has 1 fully saturated rings. The van der Waals surface area contributed by atoms with E-state index in [0.717, 1.165) is 25.2 Å². The van der Waals surface area contributed by atoms with Crippen molar-refractivity contribution in [3.05, 3.63) is 18.2 Å². The highest BCUT2D eigenvalue weighted by Crippen LogP contribution is 2.23. The number of anilines is 2. The van der Waals surface area contributed by atoms with Crippen molar-refractivity contribution in [3.63, 3.8) is 0 Å². The molecule has 0 aliphatic carbocycles. The quantitative estimate of drug-likeness (QED) is 0.519. The lowest BCUT2D eigenvalue weighted by Gasteiger charge is -2.35. The van der Waals surface area contributed by atoms with Gasteiger partial charge in [0.25, 0.3) is 0 Å². The number of nitrogens with two attached hydrogens (primary N) is 1. The fourth-order valence-electron chi connectivity index (χ4n) is 2.16. The Kier molecular flexibility index (Phi) is 3.58. The molecule has 1 aromatic heterocycles. The van der Waals surface area contributed by atoms with Crippen LogP contribution in [0.3, 0.4) is 0 Å². The van der Waals surface area contributed by atoms with Crippen LogP contribution < -0.4 is 16.2 Å². The van der Waals surface area contributed by atoms with Crippen molar-refractivity contribution in [1.82, 2.24) is 4.98 Å². The summed E-state index contributed by atoms with van der Waals surface area (Å²) in [5, 5.41) is 9.34. The van der Waals surface area contributed by atoms with Gasteiger partial charge in [0.15, 0.2) is 0 Å². The zero-order valence-corrected chi connectivity index (χ0v) is 9.26. The van der Waals surface area contributed by atoms with E-state index in [-0.39, 0.29) is 12.6 Å². The van der Waals surface area contributed by atoms with Gasteiger partial charge >= 0.3 is 0 Å². The maximum atomic E-state index is 9.34. The Balaban J connectivity index is 2.20. The second-order valence-corrected chi connectivity index (χ2v) is 4.05. The van der Waals surface area contributed by atoms with Gasteiger partial charge in [0.1, 0.15) is 11.6 Å². The molecule has 1 aromatic rings. The maximum Gasteiger partial charge on any atom is 0.142 e. The van der Waals surface area contributed by atoms with E-state index >= 15 is 0 Å². The van der Waals surface area contributed by atoms with Crippen LogP contribution in [0.2, 0.25) is 0 Å². The number of rotatable bonds is 3. The van der Waals surface area contributed by atoms with Gasteiger partial charge in [-0.2, -0.15) is 0 Å². The Labute approximate surface area is 95.2 Å². The number of nitrogens with zero attached hydrogens (tertiary/aromatic N) is 2. The van der Waals surface area contributed by atoms with Gasteiger partial charge < -0.3 is 15.4 Å². The summed E-state index contributed by atoms with van der Waals surface area (Å²) in [5.41, 5.74) is 2.54. The summed E-state index contributed by atoms with van der Waals surface area (Å²) in [6.07, 6.45) is 3.35. The molecule has 4 N–H and O–H groups in total. The minimum absolute atomic E-state index is 0.183. The standard InChI is InChI=1S/C11H18N4O/c12-14-10-5-3-6-11(13-10)15-7-2-1-4-9(15)8-16/h3,5-6,9,16H,1-2,4,7-8,12H2,(H,13,14). The average Bonchev–Trinajstić information content (AvgIpc) is 2.38. The number of aliphatic hydroxyl groups excluding tert-OH is 1. The van der Waals surface area contributed by atoms with Crippen LogP contribution >= 0.6 is 0 Å². The van der Waals surface area contributed by atoms with E-state index in [1.54, 1.807) is 0 Å². The molecule has 1 aliphatic heterocycles. The van der Waals surface area contributed by atoms with Crippen molar-refractivity contribution in [3.8, 4) is 0 Å². The monoisotopic (exact) mass is 222 g/mol. The van der Waals surface area contributed by atoms with E-state index in [2.05, 4.69) is 15.3 Å². The molecule has 0 bridgehead atoms. The van der Waals surface area contributed by atoms with Gasteiger partial charge in [-0.05, 0) is 31.4 Å². The molecule has 1 atom stereocenters. The lowest BCUT2D eigenvalue weighted by molar-refractivity contribution is 0.239. The van der Waals surface area contributed by atoms with Crippen molar-refractivity contribution >= 4 is 11.6 Å². The van der Waals surface area contributed by atoms with Crippen LogP contribution in [0, 0.1) is 0 Å². The van der Waals surface area contributed by atoms with E-state index in [9.17, 15) is 5.11 Å². The number of aliphatic hydroxyl groups is 1. The van der Waals surface area contributed by atoms with Crippen LogP contribution in [0.15, 0.2) is 18.2 Å². The fourth-order valence-corrected chi connectivity index (χ4v) is 2.16. The number of nitrogens with one attached hydrogen (secondary N) is 1. The van der Waals surface area contributed by atoms with Gasteiger partial charge in [0.05, 0.1) is 12.6 Å². The summed E-state index contributed by atoms with van der Waals surface area (Å²) < 4.78 is 0. The van der Waals surface area contributed by atoms with Gasteiger partial charge in [-0.25, -0.2) is 10.8 Å². The SMILES string of the molecule is NNc1cccc(N2CCCCC2CO)n1. The second kappa shape index (κ2) is 5.14. The Morgan fingerprint density at radius 3 is 3.12 bits per heavy atom. The first-order valence-corrected chi connectivity index (χ1v) is 5.66. The van der Waals surface area contributed by atoms with Crippen LogP contribution in [0.1, 0.15) is 19.3 Å². The Hall–Kier alpha value is -1.33. The number of hydrogen-bond acceptors (Lipinski definition) is 5. The third kappa shape index (κ3) is 2.25. The van der Waals surface area contributed by atoms with Crippen LogP contribution in [-0.2, 0) is 0 Å². The van der Waals surface area contributed by atoms with Gasteiger partial charge in [0.2, 0.25) is 0 Å². The van der Waals surface area contributed by atoms with Crippen molar-refractivity contribution < 1.29 is 5.11 Å². The number of aromatic nitrogens is 1. The molecular formula is C11H18N4O. The molecule has 2 rings (SSSR count). The molecule has 0 radical (unpaired) electrons. The maximum absolute atomic E-state index is 9.34. The fraction of sp³-hybridized carbons (Fsp3) is 0.545. The molecule has 0 aromatic carbocycles. The molecule has 1 unspecified atom stereocenters. The normalized spacial score (nSPS) is 20.9. The summed E-state index contributed by atoms with van der Waals surface area (Å²) in [7, 11) is 0. The third-order valence-electron chi connectivity index (χ3n) is 3.01. The molecule has 16 heavy (non-hydrogen) atoms. The minimum Gasteiger partial charge on any atom is -0.394 e. The molecule has 0 amide bonds. The van der Waals surface area contributed by atoms with E-state index < -0.39 is 0 Å². The summed E-state index contributed by atoms with van der Waals surface area (Å²) in [6.45, 7) is 1.13. The molecular weight excluding hydrogens is 204 g/mol. The number of pyridine rings is 1. The first-order valence-electron chi connectivity index (χ1n) is 5.66. The van der Waals surface area contributed by atoms with Crippen molar-refractivity contribution in [2.75, 3.05) is 23.5 Å². The van der Waals surface area contributed by atoms with Crippen molar-refractivity contribution in [2.24, 2.45) is 5.84 Å². The molecule has 2 heterocycles. The average molecular weight is 222 g/mol. The number of hydrogen-bond donors (Lipinski definition) is 3. The summed E-state index contributed by atoms with van der Waals surface area (Å²) in [5.74, 6) is 6.87. The van der Waals surface area contributed by atoms with E-state index in [1.165, 1.54) is 6.42 Å². The summed E-state index contributed by atoms with van der Waals surface area (Å²) in [6, 6.07) is 5.88. The van der Waals surface area contributed by atoms with Gasteiger partial charge in [-0.3, -0.25) is 0 Å². The highest BCUT2D eigenvalue weighted by molar-refractivity contribution is 5.47. The Morgan fingerprint density at radius 1 is 1.50 bits per heavy atom. The molecule has 5 heteroatoms. The minimum atomic E-state index is 0.183. The van der Waals surface area contributed by atoms with Gasteiger partial charge in [-0.1, -0.05) is 6.07 Å². The first kappa shape index (κ1) is 11.2.